The van der Waals surface area contributed by atoms with Gasteiger partial charge in [0.25, 0.3) is 0 Å². The van der Waals surface area contributed by atoms with Crippen molar-refractivity contribution in [2.75, 3.05) is 25.0 Å². The van der Waals surface area contributed by atoms with Crippen LogP contribution in [0.2, 0.25) is 0 Å². The van der Waals surface area contributed by atoms with Gasteiger partial charge in [-0.1, -0.05) is 48.4 Å². The number of nitrogens with zero attached hydrogens (tertiary/aromatic N) is 3. The number of rotatable bonds is 11. The largest absolute Gasteiger partial charge is 0.370 e. The van der Waals surface area contributed by atoms with Crippen LogP contribution in [-0.4, -0.2) is 48.2 Å². The van der Waals surface area contributed by atoms with Gasteiger partial charge in [-0.3, -0.25) is 0 Å². The highest BCUT2D eigenvalue weighted by Gasteiger charge is 2.29. The quantitative estimate of drug-likeness (QED) is 0.224. The lowest BCUT2D eigenvalue weighted by molar-refractivity contribution is 0.363. The minimum atomic E-state index is -3.48. The van der Waals surface area contributed by atoms with Gasteiger partial charge in [-0.25, -0.2) is 13.1 Å². The fourth-order valence-corrected chi connectivity index (χ4v) is 6.38. The highest BCUT2D eigenvalue weighted by molar-refractivity contribution is 9.10. The summed E-state index contributed by atoms with van der Waals surface area (Å²) in [5.74, 6) is 1.90. The van der Waals surface area contributed by atoms with Crippen LogP contribution in [0.3, 0.4) is 0 Å². The summed E-state index contributed by atoms with van der Waals surface area (Å²) >= 11 is 10.1. The first-order chi connectivity index (χ1) is 17.8. The predicted octanol–water partition coefficient (Wildman–Crippen LogP) is 6.38. The van der Waals surface area contributed by atoms with Crippen LogP contribution in [0, 0.1) is 5.92 Å². The Morgan fingerprint density at radius 2 is 2.16 bits per heavy atom. The third-order valence-electron chi connectivity index (χ3n) is 6.34. The van der Waals surface area contributed by atoms with E-state index in [4.69, 9.17) is 11.6 Å². The maximum atomic E-state index is 13.2. The molecule has 1 aromatic heterocycles. The first kappa shape index (κ1) is 29.5. The number of halogens is 2. The van der Waals surface area contributed by atoms with E-state index in [0.29, 0.717) is 31.0 Å². The molecule has 0 radical (unpaired) electrons. The Morgan fingerprint density at radius 3 is 2.92 bits per heavy atom. The Balaban J connectivity index is 1.72. The van der Waals surface area contributed by atoms with Crippen molar-refractivity contribution < 1.29 is 8.42 Å². The Labute approximate surface area is 234 Å². The maximum absolute atomic E-state index is 13.2. The molecule has 0 bridgehead atoms. The number of anilines is 1. The number of fused-ring (bicyclic) bond motifs is 1. The van der Waals surface area contributed by atoms with Crippen molar-refractivity contribution >= 4 is 49.2 Å². The number of sulfonamides is 1. The zero-order valence-corrected chi connectivity index (χ0v) is 24.7. The van der Waals surface area contributed by atoms with Gasteiger partial charge >= 0.3 is 0 Å². The summed E-state index contributed by atoms with van der Waals surface area (Å²) < 4.78 is 30.7. The summed E-state index contributed by atoms with van der Waals surface area (Å²) in [5, 5.41) is 12.3. The maximum Gasteiger partial charge on any atom is 0.238 e. The topological polar surface area (TPSA) is 79.3 Å². The zero-order valence-electron chi connectivity index (χ0n) is 21.5. The van der Waals surface area contributed by atoms with Crippen molar-refractivity contribution in [2.45, 2.75) is 52.0 Å². The highest BCUT2D eigenvalue weighted by atomic mass is 79.9. The van der Waals surface area contributed by atoms with E-state index >= 15 is 0 Å². The molecule has 1 saturated heterocycles. The van der Waals surface area contributed by atoms with Crippen molar-refractivity contribution in [1.29, 1.82) is 0 Å². The molecule has 2 atom stereocenters. The molecule has 2 aliphatic rings. The van der Waals surface area contributed by atoms with E-state index in [1.54, 1.807) is 29.6 Å². The Kier molecular flexibility index (Phi) is 11.3. The third-order valence-corrected chi connectivity index (χ3v) is 9.16. The Morgan fingerprint density at radius 1 is 1.35 bits per heavy atom. The van der Waals surface area contributed by atoms with E-state index in [9.17, 15) is 8.42 Å². The first-order valence-electron chi connectivity index (χ1n) is 12.6. The summed E-state index contributed by atoms with van der Waals surface area (Å²) in [6.07, 6.45) is 21.1. The number of hydrogen-bond acceptors (Lipinski definition) is 5. The number of allylic oxidation sites excluding steroid dienone is 8. The Bertz CT molecular complexity index is 1200. The van der Waals surface area contributed by atoms with Gasteiger partial charge in [-0.2, -0.15) is 9.40 Å². The van der Waals surface area contributed by atoms with Crippen molar-refractivity contribution in [3.8, 4) is 0 Å². The van der Waals surface area contributed by atoms with Gasteiger partial charge in [-0.05, 0) is 73.2 Å². The summed E-state index contributed by atoms with van der Waals surface area (Å²) in [6, 6.07) is -0.0232. The highest BCUT2D eigenvalue weighted by Crippen LogP contribution is 2.31. The fraction of sp³-hybridized carbons (Fsp3) is 0.444. The van der Waals surface area contributed by atoms with E-state index in [1.165, 1.54) is 0 Å². The van der Waals surface area contributed by atoms with Gasteiger partial charge in [0.15, 0.2) is 0 Å². The number of hydrogen-bond donors (Lipinski definition) is 2. The van der Waals surface area contributed by atoms with Crippen LogP contribution < -0.4 is 10.6 Å². The van der Waals surface area contributed by atoms with Crippen LogP contribution in [0.5, 0.6) is 0 Å². The first-order valence-corrected chi connectivity index (χ1v) is 15.2. The van der Waals surface area contributed by atoms with Gasteiger partial charge in [0.05, 0.1) is 21.6 Å². The van der Waals surface area contributed by atoms with Gasteiger partial charge in [0.1, 0.15) is 11.6 Å². The third kappa shape index (κ3) is 8.21. The molecule has 0 saturated carbocycles. The molecule has 1 fully saturated rings. The average molecular weight is 611 g/mol. The summed E-state index contributed by atoms with van der Waals surface area (Å²) in [4.78, 5) is 0.374. The van der Waals surface area contributed by atoms with Crippen LogP contribution in [0.25, 0.3) is 5.82 Å². The van der Waals surface area contributed by atoms with E-state index in [1.807, 2.05) is 42.0 Å². The molecule has 3 heterocycles. The minimum absolute atomic E-state index is 0.0232. The van der Waals surface area contributed by atoms with Gasteiger partial charge < -0.3 is 10.6 Å². The molecule has 2 aliphatic heterocycles. The second-order valence-corrected chi connectivity index (χ2v) is 12.7. The molecule has 2 unspecified atom stereocenters. The molecule has 2 N–H and O–H groups in total. The second-order valence-electron chi connectivity index (χ2n) is 9.23. The van der Waals surface area contributed by atoms with E-state index in [-0.39, 0.29) is 12.0 Å². The lowest BCUT2D eigenvalue weighted by Gasteiger charge is -2.28. The molecule has 0 aromatic carbocycles. The zero-order chi connectivity index (χ0) is 26.8. The summed E-state index contributed by atoms with van der Waals surface area (Å²) in [7, 11) is -3.48. The molecule has 0 spiro atoms. The van der Waals surface area contributed by atoms with Gasteiger partial charge in [0, 0.05) is 31.1 Å². The van der Waals surface area contributed by atoms with Crippen molar-refractivity contribution in [2.24, 2.45) is 5.92 Å². The number of nitrogens with one attached hydrogen (secondary N) is 2. The monoisotopic (exact) mass is 609 g/mol. The summed E-state index contributed by atoms with van der Waals surface area (Å²) in [5.41, 5.74) is 0. The molecule has 7 nitrogen and oxygen atoms in total. The van der Waals surface area contributed by atoms with Crippen molar-refractivity contribution in [3.63, 3.8) is 0 Å². The lowest BCUT2D eigenvalue weighted by Crippen LogP contribution is -2.38. The van der Waals surface area contributed by atoms with E-state index < -0.39 is 10.0 Å². The van der Waals surface area contributed by atoms with E-state index in [2.05, 4.69) is 44.3 Å². The van der Waals surface area contributed by atoms with Crippen LogP contribution in [0.1, 0.15) is 46.0 Å². The van der Waals surface area contributed by atoms with E-state index in [0.717, 1.165) is 46.8 Å². The summed E-state index contributed by atoms with van der Waals surface area (Å²) in [6.45, 7) is 8.95. The molecule has 202 valence electrons. The lowest BCUT2D eigenvalue weighted by atomic mass is 10.0. The van der Waals surface area contributed by atoms with Crippen LogP contribution in [0.15, 0.2) is 75.8 Å². The predicted molar refractivity (Wildman–Crippen MR) is 159 cm³/mol. The van der Waals surface area contributed by atoms with Crippen LogP contribution in [-0.2, 0) is 10.0 Å². The van der Waals surface area contributed by atoms with Gasteiger partial charge in [0.2, 0.25) is 10.0 Å². The fourth-order valence-electron chi connectivity index (χ4n) is 4.34. The minimum Gasteiger partial charge on any atom is -0.370 e. The number of aromatic nitrogens is 2. The smallest absolute Gasteiger partial charge is 0.238 e. The van der Waals surface area contributed by atoms with Crippen LogP contribution >= 0.6 is 27.5 Å². The normalized spacial score (nSPS) is 22.0. The molecule has 10 heteroatoms. The molecule has 37 heavy (non-hydrogen) atoms. The molecular formula is C27H37BrClN5O2S. The van der Waals surface area contributed by atoms with Gasteiger partial charge in [-0.15, -0.1) is 6.58 Å². The molecule has 1 aromatic rings. The molecule has 0 aliphatic carbocycles. The Hall–Kier alpha value is -2.07. The van der Waals surface area contributed by atoms with Crippen LogP contribution in [0.4, 0.5) is 5.82 Å². The van der Waals surface area contributed by atoms with Crippen molar-refractivity contribution in [1.82, 2.24) is 19.4 Å². The molecule has 3 rings (SSSR count). The second kappa shape index (κ2) is 14.2. The molecular weight excluding hydrogens is 574 g/mol. The average Bonchev–Trinajstić information content (AvgIpc) is 3.08. The SMILES string of the molecule is C=CC/C=C\C=C(\Cl)CC1C=C(NCC2CCCCN(S(=O)(=O)/C(C)=C/C=C\C)C2)n2ncc(Br)c2N1. The standard InChI is InChI=1S/C27H37BrClN5O2S/c1-4-6-8-9-14-23(29)16-24-17-26(34-27(32-24)25(28)19-31-34)30-18-22-13-10-11-15-33(20-22)37(35,36)21(3)12-7-5-2/h4-5,7-9,12,14,17,19,22,24,30,32H,1,6,10-11,13,15-16,18,20H2,2-3H3/b7-5-,9-8-,21-12+,23-14+. The van der Waals surface area contributed by atoms with Crippen molar-refractivity contribution in [3.05, 3.63) is 75.8 Å². The molecule has 0 amide bonds.